The van der Waals surface area contributed by atoms with Crippen molar-refractivity contribution in [1.82, 2.24) is 5.32 Å². The molecule has 0 spiro atoms. The summed E-state index contributed by atoms with van der Waals surface area (Å²) in [6.07, 6.45) is 4.42. The lowest BCUT2D eigenvalue weighted by Crippen LogP contribution is -2.24. The van der Waals surface area contributed by atoms with Crippen LogP contribution in [-0.4, -0.2) is 12.6 Å². The summed E-state index contributed by atoms with van der Waals surface area (Å²) < 4.78 is 5.68. The summed E-state index contributed by atoms with van der Waals surface area (Å²) in [6, 6.07) is 8.91. The first-order valence-electron chi connectivity index (χ1n) is 8.04. The van der Waals surface area contributed by atoms with Crippen LogP contribution < -0.4 is 10.1 Å². The molecule has 0 heterocycles. The Kier molecular flexibility index (Phi) is 5.47. The zero-order chi connectivity index (χ0) is 14.5. The molecule has 20 heavy (non-hydrogen) atoms. The Bertz CT molecular complexity index is 398. The fourth-order valence-electron chi connectivity index (χ4n) is 3.08. The van der Waals surface area contributed by atoms with E-state index >= 15 is 0 Å². The van der Waals surface area contributed by atoms with E-state index in [1.54, 1.807) is 0 Å². The molecule has 0 saturated heterocycles. The van der Waals surface area contributed by atoms with E-state index in [0.29, 0.717) is 6.04 Å². The topological polar surface area (TPSA) is 21.3 Å². The molecule has 0 aromatic heterocycles. The fourth-order valence-corrected chi connectivity index (χ4v) is 3.08. The molecule has 3 unspecified atom stereocenters. The van der Waals surface area contributed by atoms with E-state index in [4.69, 9.17) is 4.74 Å². The van der Waals surface area contributed by atoms with E-state index in [9.17, 15) is 0 Å². The second kappa shape index (κ2) is 7.12. The predicted octanol–water partition coefficient (Wildman–Crippen LogP) is 4.56. The number of benzene rings is 1. The summed E-state index contributed by atoms with van der Waals surface area (Å²) in [5.74, 6) is 2.75. The zero-order valence-corrected chi connectivity index (χ0v) is 13.4. The lowest BCUT2D eigenvalue weighted by atomic mass is 10.0. The largest absolute Gasteiger partial charge is 0.491 e. The summed E-state index contributed by atoms with van der Waals surface area (Å²) in [7, 11) is 0. The predicted molar refractivity (Wildman–Crippen MR) is 85.1 cm³/mol. The van der Waals surface area contributed by atoms with E-state index in [1.165, 1.54) is 24.8 Å². The van der Waals surface area contributed by atoms with Crippen molar-refractivity contribution >= 4 is 0 Å². The highest BCUT2D eigenvalue weighted by Crippen LogP contribution is 2.30. The molecule has 2 nitrogen and oxygen atoms in total. The van der Waals surface area contributed by atoms with Gasteiger partial charge in [-0.15, -0.1) is 0 Å². The number of rotatable bonds is 6. The van der Waals surface area contributed by atoms with Crippen molar-refractivity contribution in [2.45, 2.75) is 59.1 Å². The highest BCUT2D eigenvalue weighted by Gasteiger charge is 2.21. The van der Waals surface area contributed by atoms with Gasteiger partial charge in [0.15, 0.2) is 0 Å². The van der Waals surface area contributed by atoms with Crippen molar-refractivity contribution < 1.29 is 4.74 Å². The average molecular weight is 275 g/mol. The molecular formula is C18H29NO. The molecular weight excluding hydrogens is 246 g/mol. The maximum Gasteiger partial charge on any atom is 0.119 e. The van der Waals surface area contributed by atoms with Gasteiger partial charge >= 0.3 is 0 Å². The number of nitrogens with one attached hydrogen (secondary N) is 1. The van der Waals surface area contributed by atoms with Crippen LogP contribution in [0.15, 0.2) is 24.3 Å². The van der Waals surface area contributed by atoms with Gasteiger partial charge in [0, 0.05) is 6.04 Å². The van der Waals surface area contributed by atoms with Gasteiger partial charge in [0.2, 0.25) is 0 Å². The second-order valence-corrected chi connectivity index (χ2v) is 6.65. The minimum Gasteiger partial charge on any atom is -0.491 e. The fraction of sp³-hybridized carbons (Fsp3) is 0.667. The van der Waals surface area contributed by atoms with Gasteiger partial charge in [0.05, 0.1) is 6.10 Å². The quantitative estimate of drug-likeness (QED) is 0.821. The van der Waals surface area contributed by atoms with Gasteiger partial charge in [-0.25, -0.2) is 0 Å². The first kappa shape index (κ1) is 15.4. The summed E-state index contributed by atoms with van der Waals surface area (Å²) in [6.45, 7) is 9.88. The first-order valence-corrected chi connectivity index (χ1v) is 8.04. The average Bonchev–Trinajstić information content (AvgIpc) is 2.82. The van der Waals surface area contributed by atoms with Crippen LogP contribution in [0.1, 0.15) is 58.6 Å². The molecule has 1 aromatic carbocycles. The molecule has 0 aliphatic heterocycles. The summed E-state index contributed by atoms with van der Waals surface area (Å²) in [5, 5.41) is 3.68. The molecule has 112 valence electrons. The lowest BCUT2D eigenvalue weighted by molar-refractivity contribution is 0.242. The standard InChI is InChI=1S/C18H29NO/c1-13(2)20-18-9-7-17(8-10-18)15(4)19-12-16-6-5-14(3)11-16/h7-10,13-16,19H,5-6,11-12H2,1-4H3. The van der Waals surface area contributed by atoms with Crippen molar-refractivity contribution in [3.63, 3.8) is 0 Å². The Morgan fingerprint density at radius 2 is 1.85 bits per heavy atom. The molecule has 2 rings (SSSR count). The van der Waals surface area contributed by atoms with E-state index in [1.807, 2.05) is 0 Å². The van der Waals surface area contributed by atoms with E-state index < -0.39 is 0 Å². The third-order valence-corrected chi connectivity index (χ3v) is 4.27. The van der Waals surface area contributed by atoms with E-state index in [0.717, 1.165) is 24.1 Å². The molecule has 1 N–H and O–H groups in total. The van der Waals surface area contributed by atoms with Crippen LogP contribution in [-0.2, 0) is 0 Å². The van der Waals surface area contributed by atoms with Crippen molar-refractivity contribution in [1.29, 1.82) is 0 Å². The first-order chi connectivity index (χ1) is 9.54. The lowest BCUT2D eigenvalue weighted by Gasteiger charge is -2.18. The highest BCUT2D eigenvalue weighted by atomic mass is 16.5. The third kappa shape index (κ3) is 4.52. The van der Waals surface area contributed by atoms with Crippen LogP contribution >= 0.6 is 0 Å². The van der Waals surface area contributed by atoms with Gasteiger partial charge in [-0.1, -0.05) is 25.5 Å². The van der Waals surface area contributed by atoms with Crippen LogP contribution in [0.5, 0.6) is 5.75 Å². The Hall–Kier alpha value is -1.02. The third-order valence-electron chi connectivity index (χ3n) is 4.27. The molecule has 1 fully saturated rings. The minimum absolute atomic E-state index is 0.237. The molecule has 1 aromatic rings. The van der Waals surface area contributed by atoms with E-state index in [2.05, 4.69) is 57.3 Å². The normalized spacial score (nSPS) is 24.1. The zero-order valence-electron chi connectivity index (χ0n) is 13.4. The maximum atomic E-state index is 5.68. The molecule has 0 bridgehead atoms. The number of ether oxygens (including phenoxy) is 1. The van der Waals surface area contributed by atoms with Gasteiger partial charge < -0.3 is 10.1 Å². The van der Waals surface area contributed by atoms with Crippen molar-refractivity contribution in [3.8, 4) is 5.75 Å². The second-order valence-electron chi connectivity index (χ2n) is 6.65. The van der Waals surface area contributed by atoms with Crippen LogP contribution in [0.3, 0.4) is 0 Å². The van der Waals surface area contributed by atoms with Crippen LogP contribution in [0.2, 0.25) is 0 Å². The van der Waals surface area contributed by atoms with Crippen LogP contribution in [0.25, 0.3) is 0 Å². The Morgan fingerprint density at radius 1 is 1.15 bits per heavy atom. The highest BCUT2D eigenvalue weighted by molar-refractivity contribution is 5.29. The summed E-state index contributed by atoms with van der Waals surface area (Å²) in [4.78, 5) is 0. The SMILES string of the molecule is CC1CCC(CNC(C)c2ccc(OC(C)C)cc2)C1. The molecule has 0 radical (unpaired) electrons. The minimum atomic E-state index is 0.237. The van der Waals surface area contributed by atoms with Gasteiger partial charge in [-0.3, -0.25) is 0 Å². The van der Waals surface area contributed by atoms with Gasteiger partial charge in [0.1, 0.15) is 5.75 Å². The maximum absolute atomic E-state index is 5.68. The molecule has 0 amide bonds. The number of hydrogen-bond acceptors (Lipinski definition) is 2. The van der Waals surface area contributed by atoms with Crippen LogP contribution in [0.4, 0.5) is 0 Å². The molecule has 1 saturated carbocycles. The Balaban J connectivity index is 1.81. The van der Waals surface area contributed by atoms with Crippen molar-refractivity contribution in [2.24, 2.45) is 11.8 Å². The van der Waals surface area contributed by atoms with E-state index in [-0.39, 0.29) is 6.10 Å². The molecule has 1 aliphatic carbocycles. The van der Waals surface area contributed by atoms with Crippen LogP contribution in [0, 0.1) is 11.8 Å². The molecule has 3 atom stereocenters. The Labute approximate surface area is 123 Å². The monoisotopic (exact) mass is 275 g/mol. The Morgan fingerprint density at radius 3 is 2.40 bits per heavy atom. The van der Waals surface area contributed by atoms with Gasteiger partial charge in [-0.2, -0.15) is 0 Å². The van der Waals surface area contributed by atoms with Crippen molar-refractivity contribution in [2.75, 3.05) is 6.54 Å². The van der Waals surface area contributed by atoms with Gasteiger partial charge in [0.25, 0.3) is 0 Å². The smallest absolute Gasteiger partial charge is 0.119 e. The molecule has 1 aliphatic rings. The summed E-state index contributed by atoms with van der Waals surface area (Å²) in [5.41, 5.74) is 1.34. The molecule has 2 heteroatoms. The summed E-state index contributed by atoms with van der Waals surface area (Å²) >= 11 is 0. The van der Waals surface area contributed by atoms with Crippen molar-refractivity contribution in [3.05, 3.63) is 29.8 Å². The van der Waals surface area contributed by atoms with Gasteiger partial charge in [-0.05, 0) is 69.7 Å². The number of hydrogen-bond donors (Lipinski definition) is 1.